The molecule has 0 amide bonds. The van der Waals surface area contributed by atoms with Crippen molar-refractivity contribution in [2.24, 2.45) is 0 Å². The summed E-state index contributed by atoms with van der Waals surface area (Å²) in [5.41, 5.74) is 10.2. The number of phenols is 1. The van der Waals surface area contributed by atoms with Crippen LogP contribution in [0.15, 0.2) is 21.1 Å². The zero-order valence-corrected chi connectivity index (χ0v) is 14.8. The Morgan fingerprint density at radius 1 is 1.18 bits per heavy atom. The number of nitrogens with two attached hydrogens (primary N) is 1. The van der Waals surface area contributed by atoms with Gasteiger partial charge in [0.1, 0.15) is 23.2 Å². The number of hydrogen-bond acceptors (Lipinski definition) is 4. The lowest BCUT2D eigenvalue weighted by atomic mass is 9.86. The molecule has 3 N–H and O–H groups in total. The highest BCUT2D eigenvalue weighted by Gasteiger charge is 2.23. The molecule has 1 aliphatic carbocycles. The number of phenolic OH excluding ortho intramolecular Hbond substituents is 1. The summed E-state index contributed by atoms with van der Waals surface area (Å²) in [5.74, 6) is 0.414. The van der Waals surface area contributed by atoms with E-state index >= 15 is 0 Å². The third-order valence-electron chi connectivity index (χ3n) is 3.92. The first-order valence-corrected chi connectivity index (χ1v) is 8.51. The zero-order chi connectivity index (χ0) is 15.9. The smallest absolute Gasteiger partial charge is 0.143 e. The van der Waals surface area contributed by atoms with Crippen LogP contribution in [0.25, 0.3) is 11.1 Å². The van der Waals surface area contributed by atoms with Crippen molar-refractivity contribution in [3.05, 3.63) is 37.9 Å². The molecular formula is C16H13Br2N3O. The van der Waals surface area contributed by atoms with Crippen LogP contribution in [0.3, 0.4) is 0 Å². The van der Waals surface area contributed by atoms with Gasteiger partial charge in [0.2, 0.25) is 0 Å². The number of anilines is 1. The molecule has 0 bridgehead atoms. The van der Waals surface area contributed by atoms with Crippen LogP contribution >= 0.6 is 31.9 Å². The van der Waals surface area contributed by atoms with Crippen LogP contribution in [0.2, 0.25) is 0 Å². The number of aryl methyl sites for hydroxylation is 1. The molecule has 3 rings (SSSR count). The summed E-state index contributed by atoms with van der Waals surface area (Å²) in [4.78, 5) is 4.42. The van der Waals surface area contributed by atoms with E-state index in [9.17, 15) is 10.4 Å². The maximum Gasteiger partial charge on any atom is 0.143 e. The first kappa shape index (κ1) is 15.3. The summed E-state index contributed by atoms with van der Waals surface area (Å²) in [5, 5.41) is 19.4. The van der Waals surface area contributed by atoms with Gasteiger partial charge in [-0.15, -0.1) is 0 Å². The number of benzene rings is 1. The number of hydrogen-bond donors (Lipinski definition) is 2. The third-order valence-corrected chi connectivity index (χ3v) is 5.13. The lowest BCUT2D eigenvalue weighted by Gasteiger charge is -2.21. The summed E-state index contributed by atoms with van der Waals surface area (Å²) in [7, 11) is 0. The summed E-state index contributed by atoms with van der Waals surface area (Å²) in [6, 6.07) is 5.81. The van der Waals surface area contributed by atoms with E-state index in [2.05, 4.69) is 42.9 Å². The Morgan fingerprint density at radius 2 is 1.82 bits per heavy atom. The Kier molecular flexibility index (Phi) is 4.11. The first-order valence-electron chi connectivity index (χ1n) is 6.92. The SMILES string of the molecule is N#Cc1c(N)nc2c(c1-c1cc(Br)c(O)c(Br)c1)CCCC2. The fraction of sp³-hybridized carbons (Fsp3) is 0.250. The van der Waals surface area contributed by atoms with E-state index in [0.717, 1.165) is 48.1 Å². The Balaban J connectivity index is 2.34. The maximum absolute atomic E-state index is 9.90. The number of aromatic hydroxyl groups is 1. The monoisotopic (exact) mass is 421 g/mol. The minimum absolute atomic E-state index is 0.137. The highest BCUT2D eigenvalue weighted by atomic mass is 79.9. The van der Waals surface area contributed by atoms with Gasteiger partial charge in [0.15, 0.2) is 0 Å². The Bertz CT molecular complexity index is 789. The van der Waals surface area contributed by atoms with Crippen LogP contribution < -0.4 is 5.73 Å². The minimum Gasteiger partial charge on any atom is -0.506 e. The van der Waals surface area contributed by atoms with E-state index in [1.165, 1.54) is 0 Å². The van der Waals surface area contributed by atoms with Gasteiger partial charge in [-0.3, -0.25) is 0 Å². The van der Waals surface area contributed by atoms with Crippen LogP contribution in [0.1, 0.15) is 29.7 Å². The lowest BCUT2D eigenvalue weighted by molar-refractivity contribution is 0.468. The number of nitriles is 1. The largest absolute Gasteiger partial charge is 0.506 e. The Morgan fingerprint density at radius 3 is 2.45 bits per heavy atom. The molecule has 0 spiro atoms. The summed E-state index contributed by atoms with van der Waals surface area (Å²) in [6.45, 7) is 0. The van der Waals surface area contributed by atoms with Gasteiger partial charge in [0.25, 0.3) is 0 Å². The predicted molar refractivity (Wildman–Crippen MR) is 92.5 cm³/mol. The van der Waals surface area contributed by atoms with E-state index in [4.69, 9.17) is 5.73 Å². The van der Waals surface area contributed by atoms with E-state index in [0.29, 0.717) is 14.5 Å². The average molecular weight is 423 g/mol. The van der Waals surface area contributed by atoms with E-state index in [1.54, 1.807) is 0 Å². The highest BCUT2D eigenvalue weighted by Crippen LogP contribution is 2.41. The van der Waals surface area contributed by atoms with Crippen LogP contribution in [0.5, 0.6) is 5.75 Å². The van der Waals surface area contributed by atoms with Crippen molar-refractivity contribution in [3.8, 4) is 22.9 Å². The van der Waals surface area contributed by atoms with Crippen molar-refractivity contribution >= 4 is 37.7 Å². The number of aromatic nitrogens is 1. The van der Waals surface area contributed by atoms with Crippen molar-refractivity contribution in [1.82, 2.24) is 4.98 Å². The molecular weight excluding hydrogens is 410 g/mol. The van der Waals surface area contributed by atoms with Gasteiger partial charge in [0, 0.05) is 11.3 Å². The summed E-state index contributed by atoms with van der Waals surface area (Å²) in [6.07, 6.45) is 3.95. The van der Waals surface area contributed by atoms with Crippen LogP contribution in [-0.2, 0) is 12.8 Å². The van der Waals surface area contributed by atoms with Crippen LogP contribution in [0, 0.1) is 11.3 Å². The van der Waals surface area contributed by atoms with Crippen molar-refractivity contribution < 1.29 is 5.11 Å². The van der Waals surface area contributed by atoms with E-state index in [-0.39, 0.29) is 11.6 Å². The molecule has 0 atom stereocenters. The van der Waals surface area contributed by atoms with Crippen LogP contribution in [0.4, 0.5) is 5.82 Å². The topological polar surface area (TPSA) is 82.9 Å². The number of pyridine rings is 1. The molecule has 0 saturated heterocycles. The van der Waals surface area contributed by atoms with Crippen molar-refractivity contribution in [3.63, 3.8) is 0 Å². The average Bonchev–Trinajstić information content (AvgIpc) is 2.50. The third kappa shape index (κ3) is 2.49. The molecule has 0 aliphatic heterocycles. The molecule has 1 aromatic heterocycles. The molecule has 22 heavy (non-hydrogen) atoms. The number of nitrogens with zero attached hydrogens (tertiary/aromatic N) is 2. The summed E-state index contributed by atoms with van der Waals surface area (Å²) < 4.78 is 1.14. The van der Waals surface area contributed by atoms with E-state index < -0.39 is 0 Å². The fourth-order valence-corrected chi connectivity index (χ4v) is 4.09. The normalized spacial score (nSPS) is 13.5. The second kappa shape index (κ2) is 5.90. The molecule has 0 unspecified atom stereocenters. The number of rotatable bonds is 1. The van der Waals surface area contributed by atoms with Crippen molar-refractivity contribution in [2.75, 3.05) is 5.73 Å². The molecule has 2 aromatic rings. The zero-order valence-electron chi connectivity index (χ0n) is 11.7. The lowest BCUT2D eigenvalue weighted by Crippen LogP contribution is -2.11. The van der Waals surface area contributed by atoms with Gasteiger partial charge in [-0.05, 0) is 80.8 Å². The van der Waals surface area contributed by atoms with E-state index in [1.807, 2.05) is 12.1 Å². The molecule has 1 heterocycles. The Labute approximate surface area is 145 Å². The quantitative estimate of drug-likeness (QED) is 0.717. The van der Waals surface area contributed by atoms with Crippen LogP contribution in [-0.4, -0.2) is 10.1 Å². The highest BCUT2D eigenvalue weighted by molar-refractivity contribution is 9.11. The van der Waals surface area contributed by atoms with Gasteiger partial charge in [-0.2, -0.15) is 5.26 Å². The standard InChI is InChI=1S/C16H13Br2N3O/c17-11-5-8(6-12(18)15(11)22)14-9-3-1-2-4-13(9)21-16(20)10(14)7-19/h5-6,22H,1-4H2,(H2,20,21). The number of fused-ring (bicyclic) bond motifs is 1. The summed E-state index contributed by atoms with van der Waals surface area (Å²) >= 11 is 6.69. The number of halogens is 2. The maximum atomic E-state index is 9.90. The molecule has 0 saturated carbocycles. The molecule has 6 heteroatoms. The molecule has 0 radical (unpaired) electrons. The first-order chi connectivity index (χ1) is 10.5. The molecule has 1 aromatic carbocycles. The van der Waals surface area contributed by atoms with Crippen molar-refractivity contribution in [1.29, 1.82) is 5.26 Å². The van der Waals surface area contributed by atoms with Crippen molar-refractivity contribution in [2.45, 2.75) is 25.7 Å². The predicted octanol–water partition coefficient (Wildman–Crippen LogP) is 4.31. The van der Waals surface area contributed by atoms with Gasteiger partial charge >= 0.3 is 0 Å². The molecule has 1 aliphatic rings. The van der Waals surface area contributed by atoms with Gasteiger partial charge in [-0.1, -0.05) is 0 Å². The van der Waals surface area contributed by atoms with Gasteiger partial charge in [-0.25, -0.2) is 4.98 Å². The number of nitrogen functional groups attached to an aromatic ring is 1. The molecule has 0 fully saturated rings. The Hall–Kier alpha value is -1.58. The molecule has 4 nitrogen and oxygen atoms in total. The van der Waals surface area contributed by atoms with Gasteiger partial charge in [0.05, 0.1) is 8.95 Å². The molecule has 112 valence electrons. The second-order valence-electron chi connectivity index (χ2n) is 5.28. The minimum atomic E-state index is 0.137. The second-order valence-corrected chi connectivity index (χ2v) is 6.99. The fourth-order valence-electron chi connectivity index (χ4n) is 2.90. The van der Waals surface area contributed by atoms with Gasteiger partial charge < -0.3 is 10.8 Å².